The Morgan fingerprint density at radius 2 is 1.91 bits per heavy atom. The summed E-state index contributed by atoms with van der Waals surface area (Å²) in [5, 5.41) is 16.5. The number of fused-ring (bicyclic) bond motifs is 2. The van der Waals surface area contributed by atoms with Crippen LogP contribution in [0.15, 0.2) is 60.3 Å². The predicted molar refractivity (Wildman–Crippen MR) is 128 cm³/mol. The molecule has 5 rings (SSSR count). The average molecular weight is 461 g/mol. The first-order valence-electron chi connectivity index (χ1n) is 11.7. The van der Waals surface area contributed by atoms with Crippen molar-refractivity contribution >= 4 is 12.0 Å². The molecule has 1 heterocycles. The number of hydrogen-bond acceptors (Lipinski definition) is 4. The van der Waals surface area contributed by atoms with Gasteiger partial charge in [0, 0.05) is 5.41 Å². The Morgan fingerprint density at radius 1 is 1.18 bits per heavy atom. The molecule has 5 nitrogen and oxygen atoms in total. The molecule has 1 saturated carbocycles. The quantitative estimate of drug-likeness (QED) is 0.535. The molecule has 2 aromatic carbocycles. The first kappa shape index (κ1) is 22.5. The second-order valence-corrected chi connectivity index (χ2v) is 9.67. The topological polar surface area (TPSA) is 64.3 Å². The van der Waals surface area contributed by atoms with E-state index >= 15 is 0 Å². The van der Waals surface area contributed by atoms with Gasteiger partial charge >= 0.3 is 5.97 Å². The van der Waals surface area contributed by atoms with Crippen molar-refractivity contribution < 1.29 is 19.0 Å². The number of rotatable bonds is 6. The summed E-state index contributed by atoms with van der Waals surface area (Å²) in [5.74, 6) is -0.535. The number of aliphatic hydroxyl groups is 1. The van der Waals surface area contributed by atoms with Gasteiger partial charge in [0.25, 0.3) is 0 Å². The number of halogens is 1. The fourth-order valence-corrected chi connectivity index (χ4v) is 5.66. The summed E-state index contributed by atoms with van der Waals surface area (Å²) in [5.41, 5.74) is 4.92. The highest BCUT2D eigenvalue weighted by molar-refractivity contribution is 5.72. The van der Waals surface area contributed by atoms with Gasteiger partial charge in [-0.1, -0.05) is 36.8 Å². The number of carbonyl (C=O) groups is 1. The van der Waals surface area contributed by atoms with Crippen molar-refractivity contribution in [2.75, 3.05) is 7.11 Å². The van der Waals surface area contributed by atoms with Crippen molar-refractivity contribution in [2.45, 2.75) is 51.0 Å². The highest BCUT2D eigenvalue weighted by Crippen LogP contribution is 2.56. The number of esters is 1. The Labute approximate surface area is 198 Å². The predicted octanol–water partition coefficient (Wildman–Crippen LogP) is 4.83. The van der Waals surface area contributed by atoms with E-state index in [1.165, 1.54) is 24.8 Å². The Kier molecular flexibility index (Phi) is 5.64. The summed E-state index contributed by atoms with van der Waals surface area (Å²) in [4.78, 5) is 11.8. The zero-order valence-electron chi connectivity index (χ0n) is 19.6. The van der Waals surface area contributed by atoms with Crippen LogP contribution in [-0.4, -0.2) is 33.6 Å². The van der Waals surface area contributed by atoms with Gasteiger partial charge in [0.2, 0.25) is 0 Å². The molecule has 2 aliphatic carbocycles. The average Bonchev–Trinajstić information content (AvgIpc) is 3.35. The molecule has 0 amide bonds. The Morgan fingerprint density at radius 3 is 2.65 bits per heavy atom. The van der Waals surface area contributed by atoms with Gasteiger partial charge in [0.1, 0.15) is 5.82 Å². The van der Waals surface area contributed by atoms with E-state index < -0.39 is 5.60 Å². The summed E-state index contributed by atoms with van der Waals surface area (Å²) < 4.78 is 20.1. The third-order valence-electron chi connectivity index (χ3n) is 7.84. The second-order valence-electron chi connectivity index (χ2n) is 9.67. The standard InChI is InChI=1S/C28H29FN2O3/c1-27-17-21-18-30-31(24-9-7-23(29)8-10-24)25(21)16-22(27)12-14-28(27,33)13-11-19-5-3-4-6-20(19)15-26(32)34-2/h3-10,16,18,33H,11-15,17H2,1-2H3/t27-,28-/m0/s1. The van der Waals surface area contributed by atoms with E-state index in [4.69, 9.17) is 4.74 Å². The molecule has 0 spiro atoms. The summed E-state index contributed by atoms with van der Waals surface area (Å²) in [6.07, 6.45) is 7.79. The van der Waals surface area contributed by atoms with E-state index in [9.17, 15) is 14.3 Å². The van der Waals surface area contributed by atoms with Gasteiger partial charge in [-0.25, -0.2) is 9.07 Å². The van der Waals surface area contributed by atoms with Gasteiger partial charge in [-0.15, -0.1) is 0 Å². The van der Waals surface area contributed by atoms with Gasteiger partial charge < -0.3 is 9.84 Å². The van der Waals surface area contributed by atoms with Gasteiger partial charge in [-0.2, -0.15) is 5.10 Å². The van der Waals surface area contributed by atoms with E-state index in [-0.39, 0.29) is 23.6 Å². The van der Waals surface area contributed by atoms with E-state index in [2.05, 4.69) is 18.1 Å². The van der Waals surface area contributed by atoms with Crippen LogP contribution in [-0.2, 0) is 28.8 Å². The molecule has 6 heteroatoms. The third kappa shape index (κ3) is 3.76. The number of methoxy groups -OCH3 is 1. The number of nitrogens with zero attached hydrogens (tertiary/aromatic N) is 2. The maximum atomic E-state index is 13.4. The molecule has 176 valence electrons. The molecule has 3 aromatic rings. The van der Waals surface area contributed by atoms with Crippen molar-refractivity contribution in [1.29, 1.82) is 0 Å². The van der Waals surface area contributed by atoms with Crippen LogP contribution in [0.3, 0.4) is 0 Å². The maximum absolute atomic E-state index is 13.4. The van der Waals surface area contributed by atoms with Crippen LogP contribution in [0.5, 0.6) is 0 Å². The van der Waals surface area contributed by atoms with Crippen LogP contribution in [0.25, 0.3) is 11.8 Å². The Balaban J connectivity index is 1.39. The first-order valence-corrected chi connectivity index (χ1v) is 11.7. The normalized spacial score (nSPS) is 23.2. The minimum absolute atomic E-state index is 0.236. The molecule has 1 N–H and O–H groups in total. The number of benzene rings is 2. The minimum atomic E-state index is -0.854. The summed E-state index contributed by atoms with van der Waals surface area (Å²) in [6.45, 7) is 2.16. The SMILES string of the molecule is COC(=O)Cc1ccccc1CC[C@]1(O)CCC2=Cc3c(cnn3-c3ccc(F)cc3)C[C@@]21C. The van der Waals surface area contributed by atoms with Crippen LogP contribution >= 0.6 is 0 Å². The third-order valence-corrected chi connectivity index (χ3v) is 7.84. The molecule has 0 saturated heterocycles. The monoisotopic (exact) mass is 460 g/mol. The Bertz CT molecular complexity index is 1260. The summed E-state index contributed by atoms with van der Waals surface area (Å²) in [7, 11) is 1.40. The highest BCUT2D eigenvalue weighted by Gasteiger charge is 2.54. The lowest BCUT2D eigenvalue weighted by Gasteiger charge is -2.42. The van der Waals surface area contributed by atoms with Crippen LogP contribution in [0.2, 0.25) is 0 Å². The lowest BCUT2D eigenvalue weighted by atomic mass is 9.65. The largest absolute Gasteiger partial charge is 0.469 e. The van der Waals surface area contributed by atoms with Crippen LogP contribution in [0, 0.1) is 11.2 Å². The van der Waals surface area contributed by atoms with Crippen LogP contribution < -0.4 is 0 Å². The molecule has 0 bridgehead atoms. The smallest absolute Gasteiger partial charge is 0.309 e. The van der Waals surface area contributed by atoms with Crippen molar-refractivity contribution in [3.05, 3.63) is 88.5 Å². The number of carbonyl (C=O) groups excluding carboxylic acids is 1. The Hall–Kier alpha value is -3.25. The fraction of sp³-hybridized carbons (Fsp3) is 0.357. The van der Waals surface area contributed by atoms with E-state index in [1.54, 1.807) is 12.1 Å². The lowest BCUT2D eigenvalue weighted by molar-refractivity contribution is -0.139. The number of aryl methyl sites for hydroxylation is 1. The zero-order chi connectivity index (χ0) is 23.9. The molecule has 2 aliphatic rings. The van der Waals surface area contributed by atoms with Gasteiger partial charge in [-0.3, -0.25) is 4.79 Å². The van der Waals surface area contributed by atoms with Crippen molar-refractivity contribution in [2.24, 2.45) is 5.41 Å². The minimum Gasteiger partial charge on any atom is -0.469 e. The molecule has 1 fully saturated rings. The van der Waals surface area contributed by atoms with Gasteiger partial charge in [0.15, 0.2) is 0 Å². The van der Waals surface area contributed by atoms with Crippen LogP contribution in [0.1, 0.15) is 48.6 Å². The maximum Gasteiger partial charge on any atom is 0.309 e. The number of aromatic nitrogens is 2. The number of hydrogen-bond donors (Lipinski definition) is 1. The van der Waals surface area contributed by atoms with Gasteiger partial charge in [0.05, 0.1) is 36.7 Å². The van der Waals surface area contributed by atoms with E-state index in [0.717, 1.165) is 34.5 Å². The zero-order valence-corrected chi connectivity index (χ0v) is 19.6. The fourth-order valence-electron chi connectivity index (χ4n) is 5.66. The molecule has 34 heavy (non-hydrogen) atoms. The molecule has 0 radical (unpaired) electrons. The summed E-state index contributed by atoms with van der Waals surface area (Å²) in [6, 6.07) is 14.2. The van der Waals surface area contributed by atoms with E-state index in [1.807, 2.05) is 35.1 Å². The molecule has 0 unspecified atom stereocenters. The van der Waals surface area contributed by atoms with Crippen molar-refractivity contribution in [1.82, 2.24) is 9.78 Å². The second kappa shape index (κ2) is 8.51. The molecular weight excluding hydrogens is 431 g/mol. The van der Waals surface area contributed by atoms with E-state index in [0.29, 0.717) is 25.7 Å². The van der Waals surface area contributed by atoms with Crippen molar-refractivity contribution in [3.8, 4) is 5.69 Å². The molecule has 1 aromatic heterocycles. The molecule has 2 atom stereocenters. The molecule has 0 aliphatic heterocycles. The van der Waals surface area contributed by atoms with Gasteiger partial charge in [-0.05, 0) is 79.1 Å². The number of ether oxygens (including phenoxy) is 1. The van der Waals surface area contributed by atoms with Crippen LogP contribution in [0.4, 0.5) is 4.39 Å². The first-order chi connectivity index (χ1) is 16.3. The van der Waals surface area contributed by atoms with Crippen molar-refractivity contribution in [3.63, 3.8) is 0 Å². The highest BCUT2D eigenvalue weighted by atomic mass is 19.1. The summed E-state index contributed by atoms with van der Waals surface area (Å²) >= 11 is 0. The molecular formula is C28H29FN2O3. The lowest BCUT2D eigenvalue weighted by Crippen LogP contribution is -2.45.